The van der Waals surface area contributed by atoms with Crippen LogP contribution in [0.15, 0.2) is 41.7 Å². The van der Waals surface area contributed by atoms with Crippen LogP contribution < -0.4 is 4.43 Å². The van der Waals surface area contributed by atoms with Gasteiger partial charge in [0.25, 0.3) is 9.04 Å². The van der Waals surface area contributed by atoms with E-state index >= 15 is 0 Å². The zero-order chi connectivity index (χ0) is 13.7. The van der Waals surface area contributed by atoms with E-state index in [1.54, 1.807) is 24.7 Å². The smallest absolute Gasteiger partial charge is 0.541 e. The minimum absolute atomic E-state index is 0. The third-order valence-electron chi connectivity index (χ3n) is 2.41. The maximum Gasteiger partial charge on any atom is 1.00 e. The number of aryl methyl sites for hydroxylation is 1. The average Bonchev–Trinajstić information content (AvgIpc) is 2.38. The van der Waals surface area contributed by atoms with E-state index in [4.69, 9.17) is 4.43 Å². The van der Waals surface area contributed by atoms with Gasteiger partial charge in [-0.05, 0) is 37.7 Å². The first kappa shape index (κ1) is 13.4. The summed E-state index contributed by atoms with van der Waals surface area (Å²) in [4.78, 5) is 12.7. The third-order valence-corrected chi connectivity index (χ3v) is 3.04. The Morgan fingerprint density at radius 3 is 2.63 bits per heavy atom. The lowest BCUT2D eigenvalue weighted by molar-refractivity contribution is 0.581. The number of nitrogens with zero attached hydrogens (tertiary/aromatic N) is 3. The Kier molecular flexibility index (Phi) is 4.41. The molecule has 0 bridgehead atoms. The molecule has 0 atom stereocenters. The van der Waals surface area contributed by atoms with Crippen LogP contribution in [0.3, 0.4) is 0 Å². The highest BCUT2D eigenvalue weighted by Gasteiger charge is 2.08. The molecular weight excluding hydrogens is 254 g/mol. The standard InChI is InChI=1S/C14H16N3OSi/c1-11-6-4-7-12(18-19(2)3)14(11)17-10-13-15-8-5-9-16-13/h4-10H,1-3H3/p+1. The molecule has 2 rings (SSSR count). The van der Waals surface area contributed by atoms with Gasteiger partial charge in [-0.25, -0.2) is 15.0 Å². The summed E-state index contributed by atoms with van der Waals surface area (Å²) in [6.07, 6.45) is 5.05. The number of benzene rings is 1. The van der Waals surface area contributed by atoms with Gasteiger partial charge in [-0.15, -0.1) is 0 Å². The van der Waals surface area contributed by atoms with Gasteiger partial charge in [0.05, 0.1) is 6.21 Å². The van der Waals surface area contributed by atoms with Crippen molar-refractivity contribution >= 4 is 20.9 Å². The SMILES string of the molecule is Cc1cccc(O[Si](C)C)c1N=Cc1ncccn1.[H+]. The molecule has 97 valence electrons. The fraction of sp³-hybridized carbons (Fsp3) is 0.214. The quantitative estimate of drug-likeness (QED) is 0.633. The predicted octanol–water partition coefficient (Wildman–Crippen LogP) is 3.28. The lowest BCUT2D eigenvalue weighted by Gasteiger charge is -2.12. The van der Waals surface area contributed by atoms with Crippen LogP contribution in [0.1, 0.15) is 12.8 Å². The zero-order valence-electron chi connectivity index (χ0n) is 12.3. The first-order valence-electron chi connectivity index (χ1n) is 6.05. The van der Waals surface area contributed by atoms with Gasteiger partial charge in [0, 0.05) is 12.4 Å². The van der Waals surface area contributed by atoms with E-state index in [0.29, 0.717) is 5.82 Å². The number of aliphatic imine (C=N–C) groups is 1. The van der Waals surface area contributed by atoms with Crippen molar-refractivity contribution in [2.45, 2.75) is 20.0 Å². The molecular formula is C14H17N3OSi+. The van der Waals surface area contributed by atoms with Crippen LogP contribution >= 0.6 is 0 Å². The molecule has 1 heterocycles. The summed E-state index contributed by atoms with van der Waals surface area (Å²) in [5, 5.41) is 0. The first-order chi connectivity index (χ1) is 9.16. The number of hydrogen-bond donors (Lipinski definition) is 0. The van der Waals surface area contributed by atoms with Crippen LogP contribution in [0.2, 0.25) is 13.1 Å². The van der Waals surface area contributed by atoms with E-state index in [-0.39, 0.29) is 1.43 Å². The molecule has 0 aliphatic heterocycles. The van der Waals surface area contributed by atoms with E-state index in [1.807, 2.05) is 25.1 Å². The average molecular weight is 271 g/mol. The molecule has 0 amide bonds. The van der Waals surface area contributed by atoms with Gasteiger partial charge in [0.15, 0.2) is 5.82 Å². The first-order valence-corrected chi connectivity index (χ1v) is 8.46. The van der Waals surface area contributed by atoms with E-state index in [2.05, 4.69) is 28.1 Å². The van der Waals surface area contributed by atoms with Crippen molar-refractivity contribution in [2.24, 2.45) is 4.99 Å². The normalized spacial score (nSPS) is 11.2. The highest BCUT2D eigenvalue weighted by molar-refractivity contribution is 6.49. The van der Waals surface area contributed by atoms with Gasteiger partial charge < -0.3 is 4.43 Å². The van der Waals surface area contributed by atoms with Crippen LogP contribution in [0, 0.1) is 6.92 Å². The summed E-state index contributed by atoms with van der Waals surface area (Å²) >= 11 is 0. The number of para-hydroxylation sites is 1. The number of rotatable bonds is 4. The van der Waals surface area contributed by atoms with Crippen LogP contribution in [0.25, 0.3) is 0 Å². The van der Waals surface area contributed by atoms with Crippen molar-refractivity contribution in [3.05, 3.63) is 48.0 Å². The topological polar surface area (TPSA) is 47.4 Å². The molecule has 0 saturated carbocycles. The summed E-state index contributed by atoms with van der Waals surface area (Å²) in [5.74, 6) is 1.42. The highest BCUT2D eigenvalue weighted by Crippen LogP contribution is 2.31. The molecule has 0 unspecified atom stereocenters. The number of hydrogen-bond acceptors (Lipinski definition) is 4. The Labute approximate surface area is 116 Å². The van der Waals surface area contributed by atoms with Crippen molar-refractivity contribution < 1.29 is 5.85 Å². The van der Waals surface area contributed by atoms with E-state index in [9.17, 15) is 0 Å². The van der Waals surface area contributed by atoms with Crippen molar-refractivity contribution in [1.29, 1.82) is 0 Å². The minimum atomic E-state index is -0.813. The lowest BCUT2D eigenvalue weighted by atomic mass is 10.2. The summed E-state index contributed by atoms with van der Waals surface area (Å²) in [6, 6.07) is 7.72. The van der Waals surface area contributed by atoms with Gasteiger partial charge in [-0.2, -0.15) is 0 Å². The maximum absolute atomic E-state index is 5.86. The monoisotopic (exact) mass is 271 g/mol. The Morgan fingerprint density at radius 2 is 1.95 bits per heavy atom. The highest BCUT2D eigenvalue weighted by atomic mass is 28.3. The lowest BCUT2D eigenvalue weighted by Crippen LogP contribution is -2.11. The molecule has 0 N–H and O–H groups in total. The fourth-order valence-electron chi connectivity index (χ4n) is 1.60. The molecule has 1 aromatic carbocycles. The third kappa shape index (κ3) is 3.72. The van der Waals surface area contributed by atoms with Crippen molar-refractivity contribution in [2.75, 3.05) is 0 Å². The van der Waals surface area contributed by atoms with Gasteiger partial charge in [0.2, 0.25) is 0 Å². The van der Waals surface area contributed by atoms with E-state index < -0.39 is 9.04 Å². The number of aromatic nitrogens is 2. The summed E-state index contributed by atoms with van der Waals surface area (Å²) < 4.78 is 5.86. The van der Waals surface area contributed by atoms with E-state index in [1.165, 1.54) is 0 Å². The van der Waals surface area contributed by atoms with Gasteiger partial charge in [0.1, 0.15) is 11.4 Å². The predicted molar refractivity (Wildman–Crippen MR) is 79.7 cm³/mol. The van der Waals surface area contributed by atoms with Crippen LogP contribution in [0.4, 0.5) is 5.69 Å². The molecule has 4 nitrogen and oxygen atoms in total. The summed E-state index contributed by atoms with van der Waals surface area (Å²) in [6.45, 7) is 6.21. The van der Waals surface area contributed by atoms with Gasteiger partial charge in [-0.1, -0.05) is 12.1 Å². The Balaban J connectivity index is 0.00000200. The minimum Gasteiger partial charge on any atom is -0.541 e. The molecule has 2 aromatic rings. The van der Waals surface area contributed by atoms with Gasteiger partial charge >= 0.3 is 1.43 Å². The zero-order valence-corrected chi connectivity index (χ0v) is 12.3. The summed E-state index contributed by atoms with van der Waals surface area (Å²) in [7, 11) is -0.813. The Bertz CT molecular complexity index is 576. The van der Waals surface area contributed by atoms with Crippen molar-refractivity contribution in [3.63, 3.8) is 0 Å². The molecule has 0 fully saturated rings. The fourth-order valence-corrected chi connectivity index (χ4v) is 2.20. The second-order valence-corrected chi connectivity index (χ2v) is 6.32. The molecule has 5 heteroatoms. The molecule has 0 saturated heterocycles. The maximum atomic E-state index is 5.86. The molecule has 1 radical (unpaired) electrons. The van der Waals surface area contributed by atoms with Crippen molar-refractivity contribution in [3.8, 4) is 5.75 Å². The second-order valence-electron chi connectivity index (χ2n) is 4.30. The Morgan fingerprint density at radius 1 is 1.21 bits per heavy atom. The molecule has 1 aromatic heterocycles. The molecule has 0 spiro atoms. The van der Waals surface area contributed by atoms with Crippen LogP contribution in [-0.4, -0.2) is 25.2 Å². The van der Waals surface area contributed by atoms with E-state index in [0.717, 1.165) is 17.0 Å². The molecule has 19 heavy (non-hydrogen) atoms. The summed E-state index contributed by atoms with van der Waals surface area (Å²) in [5.41, 5.74) is 1.93. The van der Waals surface area contributed by atoms with Crippen LogP contribution in [0.5, 0.6) is 5.75 Å². The van der Waals surface area contributed by atoms with Crippen LogP contribution in [-0.2, 0) is 0 Å². The van der Waals surface area contributed by atoms with Gasteiger partial charge in [-0.3, -0.25) is 0 Å². The molecule has 0 aliphatic carbocycles. The molecule has 0 aliphatic rings. The second kappa shape index (κ2) is 6.24. The Hall–Kier alpha value is -2.01. The largest absolute Gasteiger partial charge is 1.00 e. The van der Waals surface area contributed by atoms with Crippen molar-refractivity contribution in [1.82, 2.24) is 9.97 Å².